The van der Waals surface area contributed by atoms with Crippen LogP contribution in [0.4, 0.5) is 0 Å². The van der Waals surface area contributed by atoms with Crippen molar-refractivity contribution in [1.29, 1.82) is 5.26 Å². The maximum absolute atomic E-state index is 12.6. The fraction of sp³-hybridized carbons (Fsp3) is 0.375. The molecule has 1 amide bonds. The first-order valence-corrected chi connectivity index (χ1v) is 6.75. The molecule has 1 heterocycles. The summed E-state index contributed by atoms with van der Waals surface area (Å²) in [5.41, 5.74) is 1.15. The zero-order valence-electron chi connectivity index (χ0n) is 11.6. The monoisotopic (exact) mass is 284 g/mol. The first-order valence-electron chi connectivity index (χ1n) is 6.75. The lowest BCUT2D eigenvalue weighted by Gasteiger charge is -2.30. The molecule has 1 aromatic rings. The highest BCUT2D eigenvalue weighted by atomic mass is 16.5. The van der Waals surface area contributed by atoms with E-state index in [9.17, 15) is 4.79 Å². The summed E-state index contributed by atoms with van der Waals surface area (Å²) in [6, 6.07) is 9.13. The van der Waals surface area contributed by atoms with Crippen LogP contribution in [0.5, 0.6) is 0 Å². The number of aliphatic hydroxyl groups excluding tert-OH is 1. The molecule has 1 fully saturated rings. The van der Waals surface area contributed by atoms with Crippen molar-refractivity contribution in [2.24, 2.45) is 0 Å². The van der Waals surface area contributed by atoms with E-state index in [1.807, 2.05) is 12.1 Å². The lowest BCUT2D eigenvalue weighted by Crippen LogP contribution is -2.45. The Labute approximate surface area is 123 Å². The Morgan fingerprint density at radius 1 is 1.48 bits per heavy atom. The molecule has 0 bridgehead atoms. The van der Waals surface area contributed by atoms with Gasteiger partial charge in [-0.1, -0.05) is 24.0 Å². The summed E-state index contributed by atoms with van der Waals surface area (Å²) in [5.74, 6) is 5.58. The molecule has 21 heavy (non-hydrogen) atoms. The number of benzene rings is 1. The highest BCUT2D eigenvalue weighted by Gasteiger charge is 2.25. The van der Waals surface area contributed by atoms with Gasteiger partial charge in [0.2, 0.25) is 0 Å². The van der Waals surface area contributed by atoms with Crippen LogP contribution in [0, 0.1) is 23.2 Å². The summed E-state index contributed by atoms with van der Waals surface area (Å²) < 4.78 is 5.24. The third-order valence-corrected chi connectivity index (χ3v) is 3.11. The smallest absolute Gasteiger partial charge is 0.255 e. The van der Waals surface area contributed by atoms with Gasteiger partial charge in [0.15, 0.2) is 6.10 Å². The standard InChI is InChI=1S/C16H16N2O3/c17-11-14-12-18(8-10-21-14)16(20)15-7-2-1-5-13(15)6-3-4-9-19/h1-2,5,7,14,19H,4,8-10,12H2. The Balaban J connectivity index is 2.20. The van der Waals surface area contributed by atoms with Gasteiger partial charge in [0.1, 0.15) is 0 Å². The number of nitriles is 1. The predicted octanol–water partition coefficient (Wildman–Crippen LogP) is 0.785. The van der Waals surface area contributed by atoms with E-state index in [2.05, 4.69) is 11.8 Å². The number of carbonyl (C=O) groups is 1. The van der Waals surface area contributed by atoms with Crippen LogP contribution in [-0.2, 0) is 4.74 Å². The average Bonchev–Trinajstić information content (AvgIpc) is 2.55. The van der Waals surface area contributed by atoms with Crippen molar-refractivity contribution >= 4 is 5.91 Å². The lowest BCUT2D eigenvalue weighted by atomic mass is 10.1. The van der Waals surface area contributed by atoms with Crippen LogP contribution in [0.15, 0.2) is 24.3 Å². The Bertz CT molecular complexity index is 610. The van der Waals surface area contributed by atoms with E-state index >= 15 is 0 Å². The van der Waals surface area contributed by atoms with Gasteiger partial charge < -0.3 is 14.7 Å². The van der Waals surface area contributed by atoms with E-state index in [1.54, 1.807) is 23.1 Å². The minimum absolute atomic E-state index is 0.00355. The molecular formula is C16H16N2O3. The van der Waals surface area contributed by atoms with Crippen molar-refractivity contribution in [2.75, 3.05) is 26.3 Å². The summed E-state index contributed by atoms with van der Waals surface area (Å²) in [4.78, 5) is 14.2. The highest BCUT2D eigenvalue weighted by Crippen LogP contribution is 2.14. The molecule has 2 rings (SSSR count). The second-order valence-electron chi connectivity index (χ2n) is 4.56. The zero-order valence-corrected chi connectivity index (χ0v) is 11.6. The topological polar surface area (TPSA) is 73.6 Å². The molecule has 0 aliphatic carbocycles. The van der Waals surface area contributed by atoms with Crippen molar-refractivity contribution < 1.29 is 14.6 Å². The minimum atomic E-state index is -0.574. The van der Waals surface area contributed by atoms with E-state index in [0.29, 0.717) is 30.7 Å². The molecule has 0 aromatic heterocycles. The second-order valence-corrected chi connectivity index (χ2v) is 4.56. The second kappa shape index (κ2) is 7.44. The molecule has 0 spiro atoms. The van der Waals surface area contributed by atoms with Crippen LogP contribution in [0.2, 0.25) is 0 Å². The van der Waals surface area contributed by atoms with Gasteiger partial charge in [0.25, 0.3) is 5.91 Å². The number of hydrogen-bond donors (Lipinski definition) is 1. The number of morpholine rings is 1. The zero-order chi connectivity index (χ0) is 15.1. The van der Waals surface area contributed by atoms with Crippen LogP contribution >= 0.6 is 0 Å². The van der Waals surface area contributed by atoms with Crippen molar-refractivity contribution in [1.82, 2.24) is 4.90 Å². The van der Waals surface area contributed by atoms with Crippen molar-refractivity contribution in [3.05, 3.63) is 35.4 Å². The molecule has 1 unspecified atom stereocenters. The summed E-state index contributed by atoms with van der Waals surface area (Å²) in [7, 11) is 0. The maximum atomic E-state index is 12.6. The van der Waals surface area contributed by atoms with E-state index in [4.69, 9.17) is 15.1 Å². The third kappa shape index (κ3) is 3.82. The van der Waals surface area contributed by atoms with Crippen LogP contribution in [0.25, 0.3) is 0 Å². The average molecular weight is 284 g/mol. The van der Waals surface area contributed by atoms with Gasteiger partial charge in [-0.2, -0.15) is 5.26 Å². The maximum Gasteiger partial charge on any atom is 0.255 e. The summed E-state index contributed by atoms with van der Waals surface area (Å²) in [6.45, 7) is 1.10. The lowest BCUT2D eigenvalue weighted by molar-refractivity contribution is 0.00345. The Morgan fingerprint density at radius 3 is 3.05 bits per heavy atom. The Kier molecular flexibility index (Phi) is 5.34. The van der Waals surface area contributed by atoms with Crippen LogP contribution < -0.4 is 0 Å². The number of nitrogens with zero attached hydrogens (tertiary/aromatic N) is 2. The summed E-state index contributed by atoms with van der Waals surface area (Å²) in [6.07, 6.45) is -0.202. The Hall–Kier alpha value is -2.34. The van der Waals surface area contributed by atoms with Gasteiger partial charge in [-0.05, 0) is 12.1 Å². The molecular weight excluding hydrogens is 268 g/mol. The number of rotatable bonds is 2. The van der Waals surface area contributed by atoms with Crippen LogP contribution in [0.1, 0.15) is 22.3 Å². The van der Waals surface area contributed by atoms with Crippen molar-refractivity contribution in [3.63, 3.8) is 0 Å². The van der Waals surface area contributed by atoms with Gasteiger partial charge in [-0.3, -0.25) is 4.79 Å². The quantitative estimate of drug-likeness (QED) is 0.815. The van der Waals surface area contributed by atoms with Gasteiger partial charge in [-0.15, -0.1) is 0 Å². The molecule has 1 aliphatic heterocycles. The van der Waals surface area contributed by atoms with Crippen LogP contribution in [0.3, 0.4) is 0 Å². The molecule has 1 aromatic carbocycles. The molecule has 5 nitrogen and oxygen atoms in total. The molecule has 108 valence electrons. The summed E-state index contributed by atoms with van der Waals surface area (Å²) in [5, 5.41) is 17.7. The van der Waals surface area contributed by atoms with Crippen LogP contribution in [-0.4, -0.2) is 48.3 Å². The fourth-order valence-electron chi connectivity index (χ4n) is 2.07. The first-order chi connectivity index (χ1) is 10.3. The van der Waals surface area contributed by atoms with Gasteiger partial charge >= 0.3 is 0 Å². The number of carbonyl (C=O) groups excluding carboxylic acids is 1. The number of amides is 1. The first kappa shape index (κ1) is 15.1. The fourth-order valence-corrected chi connectivity index (χ4v) is 2.07. The number of aliphatic hydroxyl groups is 1. The van der Waals surface area contributed by atoms with Gasteiger partial charge in [0.05, 0.1) is 31.4 Å². The van der Waals surface area contributed by atoms with E-state index in [1.165, 1.54) is 0 Å². The Morgan fingerprint density at radius 2 is 2.29 bits per heavy atom. The normalized spacial score (nSPS) is 17.5. The predicted molar refractivity (Wildman–Crippen MR) is 76.3 cm³/mol. The van der Waals surface area contributed by atoms with Gasteiger partial charge in [0, 0.05) is 18.5 Å². The van der Waals surface area contributed by atoms with Gasteiger partial charge in [-0.25, -0.2) is 0 Å². The number of ether oxygens (including phenoxy) is 1. The largest absolute Gasteiger partial charge is 0.395 e. The highest BCUT2D eigenvalue weighted by molar-refractivity contribution is 5.96. The SMILES string of the molecule is N#CC1CN(C(=O)c2ccccc2C#CCCO)CCO1. The molecule has 1 atom stereocenters. The molecule has 1 saturated heterocycles. The molecule has 5 heteroatoms. The van der Waals surface area contributed by atoms with E-state index in [0.717, 1.165) is 0 Å². The molecule has 1 N–H and O–H groups in total. The molecule has 1 aliphatic rings. The molecule has 0 saturated carbocycles. The van der Waals surface area contributed by atoms with E-state index in [-0.39, 0.29) is 19.1 Å². The van der Waals surface area contributed by atoms with E-state index < -0.39 is 6.10 Å². The number of hydrogen-bond acceptors (Lipinski definition) is 4. The van der Waals surface area contributed by atoms with Crippen molar-refractivity contribution in [2.45, 2.75) is 12.5 Å². The third-order valence-electron chi connectivity index (χ3n) is 3.11. The van der Waals surface area contributed by atoms with Crippen molar-refractivity contribution in [3.8, 4) is 17.9 Å². The minimum Gasteiger partial charge on any atom is -0.395 e. The molecule has 0 radical (unpaired) electrons. The summed E-state index contributed by atoms with van der Waals surface area (Å²) >= 11 is 0.